The van der Waals surface area contributed by atoms with Gasteiger partial charge >= 0.3 is 0 Å². The monoisotopic (exact) mass is 176 g/mol. The van der Waals surface area contributed by atoms with Gasteiger partial charge in [0.05, 0.1) is 11.5 Å². The molecule has 0 saturated carbocycles. The Morgan fingerprint density at radius 3 is 2.54 bits per heavy atom. The third-order valence-corrected chi connectivity index (χ3v) is 2.77. The quantitative estimate of drug-likeness (QED) is 0.656. The summed E-state index contributed by atoms with van der Waals surface area (Å²) < 4.78 is 0. The van der Waals surface area contributed by atoms with Crippen LogP contribution >= 0.6 is 0 Å². The number of benzene rings is 1. The van der Waals surface area contributed by atoms with Crippen LogP contribution in [0.2, 0.25) is 0 Å². The van der Waals surface area contributed by atoms with Gasteiger partial charge in [-0.15, -0.1) is 0 Å². The number of hydrogen-bond donors (Lipinski definition) is 1. The van der Waals surface area contributed by atoms with Gasteiger partial charge in [-0.05, 0) is 19.4 Å². The largest absolute Gasteiger partial charge is 0.387 e. The molecule has 0 saturated heterocycles. The maximum atomic E-state index is 11.8. The number of rotatable bonds is 0. The molecule has 0 unspecified atom stereocenters. The van der Waals surface area contributed by atoms with E-state index in [1.165, 1.54) is 0 Å². The van der Waals surface area contributed by atoms with Crippen molar-refractivity contribution in [3.05, 3.63) is 35.4 Å². The Balaban J connectivity index is 2.64. The number of hydrogen-bond acceptors (Lipinski definition) is 2. The predicted molar refractivity (Wildman–Crippen MR) is 49.5 cm³/mol. The second kappa shape index (κ2) is 2.42. The fraction of sp³-hybridized carbons (Fsp3) is 0.364. The molecule has 0 amide bonds. The first-order valence-electron chi connectivity index (χ1n) is 4.37. The minimum atomic E-state index is -0.663. The third-order valence-electron chi connectivity index (χ3n) is 2.77. The number of aliphatic hydroxyl groups is 1. The molecule has 13 heavy (non-hydrogen) atoms. The molecule has 68 valence electrons. The van der Waals surface area contributed by atoms with Crippen LogP contribution in [0.3, 0.4) is 0 Å². The minimum absolute atomic E-state index is 0.0376. The Kier molecular flexibility index (Phi) is 1.57. The lowest BCUT2D eigenvalue weighted by atomic mass is 9.86. The molecule has 2 heteroatoms. The molecule has 0 fully saturated rings. The van der Waals surface area contributed by atoms with Crippen LogP contribution in [0.1, 0.15) is 35.9 Å². The highest BCUT2D eigenvalue weighted by molar-refractivity contribution is 6.05. The smallest absolute Gasteiger partial charge is 0.171 e. The van der Waals surface area contributed by atoms with Crippen LogP contribution in [0, 0.1) is 5.41 Å². The van der Waals surface area contributed by atoms with Crippen molar-refractivity contribution in [1.29, 1.82) is 0 Å². The molecule has 0 aliphatic heterocycles. The van der Waals surface area contributed by atoms with Gasteiger partial charge in [0.25, 0.3) is 0 Å². The fourth-order valence-electron chi connectivity index (χ4n) is 1.80. The summed E-state index contributed by atoms with van der Waals surface area (Å²) in [6, 6.07) is 7.25. The van der Waals surface area contributed by atoms with E-state index in [0.717, 1.165) is 5.56 Å². The van der Waals surface area contributed by atoms with E-state index in [1.807, 2.05) is 18.2 Å². The Labute approximate surface area is 77.2 Å². The summed E-state index contributed by atoms with van der Waals surface area (Å²) in [5, 5.41) is 9.86. The standard InChI is InChI=1S/C11H12O2/c1-11(2)9(12)7-5-3-4-6-8(7)10(11)13/h3-6,9,12H,1-2H3/t9-/m0/s1. The predicted octanol–water partition coefficient (Wildman–Crippen LogP) is 1.94. The lowest BCUT2D eigenvalue weighted by molar-refractivity contribution is 0.0492. The van der Waals surface area contributed by atoms with Crippen molar-refractivity contribution in [2.45, 2.75) is 20.0 Å². The molecule has 0 heterocycles. The molecule has 0 bridgehead atoms. The molecule has 1 aliphatic carbocycles. The first kappa shape index (κ1) is 8.45. The molecule has 0 spiro atoms. The zero-order valence-corrected chi connectivity index (χ0v) is 7.74. The second-order valence-corrected chi connectivity index (χ2v) is 4.04. The van der Waals surface area contributed by atoms with Crippen molar-refractivity contribution in [2.75, 3.05) is 0 Å². The normalized spacial score (nSPS) is 24.5. The van der Waals surface area contributed by atoms with Gasteiger partial charge in [-0.25, -0.2) is 0 Å². The summed E-state index contributed by atoms with van der Waals surface area (Å²) >= 11 is 0. The molecule has 1 atom stereocenters. The topological polar surface area (TPSA) is 37.3 Å². The molecule has 2 nitrogen and oxygen atoms in total. The van der Waals surface area contributed by atoms with Crippen LogP contribution in [0.5, 0.6) is 0 Å². The van der Waals surface area contributed by atoms with Crippen molar-refractivity contribution >= 4 is 5.78 Å². The van der Waals surface area contributed by atoms with Crippen molar-refractivity contribution in [3.63, 3.8) is 0 Å². The second-order valence-electron chi connectivity index (χ2n) is 4.04. The van der Waals surface area contributed by atoms with Gasteiger partial charge in [-0.3, -0.25) is 4.79 Å². The first-order chi connectivity index (χ1) is 6.05. The molecular formula is C11H12O2. The summed E-state index contributed by atoms with van der Waals surface area (Å²) in [5.74, 6) is 0.0376. The van der Waals surface area contributed by atoms with Crippen LogP contribution in [-0.4, -0.2) is 10.9 Å². The van der Waals surface area contributed by atoms with Crippen LogP contribution in [0.15, 0.2) is 24.3 Å². The van der Waals surface area contributed by atoms with E-state index in [0.29, 0.717) is 5.56 Å². The van der Waals surface area contributed by atoms with Crippen LogP contribution < -0.4 is 0 Å². The number of fused-ring (bicyclic) bond motifs is 1. The average Bonchev–Trinajstić information content (AvgIpc) is 2.30. The third kappa shape index (κ3) is 0.954. The van der Waals surface area contributed by atoms with E-state index in [9.17, 15) is 9.90 Å². The SMILES string of the molecule is CC1(C)C(=O)c2ccccc2[C@@H]1O. The number of carbonyl (C=O) groups is 1. The summed E-state index contributed by atoms with van der Waals surface area (Å²) in [7, 11) is 0. The maximum absolute atomic E-state index is 11.8. The van der Waals surface area contributed by atoms with Gasteiger partial charge in [-0.2, -0.15) is 0 Å². The highest BCUT2D eigenvalue weighted by Gasteiger charge is 2.45. The minimum Gasteiger partial charge on any atom is -0.387 e. The van der Waals surface area contributed by atoms with E-state index in [-0.39, 0.29) is 5.78 Å². The van der Waals surface area contributed by atoms with Crippen molar-refractivity contribution in [2.24, 2.45) is 5.41 Å². The Morgan fingerprint density at radius 2 is 1.92 bits per heavy atom. The summed E-state index contributed by atoms with van der Waals surface area (Å²) in [6.45, 7) is 3.56. The molecule has 0 aromatic heterocycles. The van der Waals surface area contributed by atoms with Gasteiger partial charge in [0.2, 0.25) is 0 Å². The van der Waals surface area contributed by atoms with Crippen LogP contribution in [0.4, 0.5) is 0 Å². The van der Waals surface area contributed by atoms with Gasteiger partial charge in [0.15, 0.2) is 5.78 Å². The number of aliphatic hydroxyl groups excluding tert-OH is 1. The number of Topliss-reactive ketones (excluding diaryl/α,β-unsaturated/α-hetero) is 1. The highest BCUT2D eigenvalue weighted by atomic mass is 16.3. The van der Waals surface area contributed by atoms with Crippen molar-refractivity contribution in [3.8, 4) is 0 Å². The van der Waals surface area contributed by atoms with Gasteiger partial charge in [0.1, 0.15) is 0 Å². The number of ketones is 1. The van der Waals surface area contributed by atoms with E-state index in [2.05, 4.69) is 0 Å². The lowest BCUT2D eigenvalue weighted by Gasteiger charge is -2.20. The zero-order chi connectivity index (χ0) is 9.64. The summed E-state index contributed by atoms with van der Waals surface area (Å²) in [4.78, 5) is 11.8. The Morgan fingerprint density at radius 1 is 1.31 bits per heavy atom. The molecule has 1 aromatic rings. The Bertz CT molecular complexity index is 366. The molecule has 1 aromatic carbocycles. The summed E-state index contributed by atoms with van der Waals surface area (Å²) in [5.41, 5.74) is 0.765. The lowest BCUT2D eigenvalue weighted by Crippen LogP contribution is -2.23. The molecule has 2 rings (SSSR count). The van der Waals surface area contributed by atoms with E-state index >= 15 is 0 Å². The van der Waals surface area contributed by atoms with Crippen LogP contribution in [-0.2, 0) is 0 Å². The summed E-state index contributed by atoms with van der Waals surface area (Å²) in [6.07, 6.45) is -0.656. The highest BCUT2D eigenvalue weighted by Crippen LogP contribution is 2.44. The van der Waals surface area contributed by atoms with Crippen LogP contribution in [0.25, 0.3) is 0 Å². The van der Waals surface area contributed by atoms with E-state index in [4.69, 9.17) is 0 Å². The van der Waals surface area contributed by atoms with Gasteiger partial charge < -0.3 is 5.11 Å². The molecule has 0 radical (unpaired) electrons. The van der Waals surface area contributed by atoms with Crippen molar-refractivity contribution in [1.82, 2.24) is 0 Å². The zero-order valence-electron chi connectivity index (χ0n) is 7.74. The van der Waals surface area contributed by atoms with Gasteiger partial charge in [-0.1, -0.05) is 24.3 Å². The van der Waals surface area contributed by atoms with Crippen molar-refractivity contribution < 1.29 is 9.90 Å². The average molecular weight is 176 g/mol. The first-order valence-corrected chi connectivity index (χ1v) is 4.37. The number of carbonyl (C=O) groups excluding carboxylic acids is 1. The fourth-order valence-corrected chi connectivity index (χ4v) is 1.80. The van der Waals surface area contributed by atoms with E-state index < -0.39 is 11.5 Å². The molecule has 1 aliphatic rings. The van der Waals surface area contributed by atoms with E-state index in [1.54, 1.807) is 19.9 Å². The van der Waals surface area contributed by atoms with Gasteiger partial charge in [0, 0.05) is 5.56 Å². The molecule has 1 N–H and O–H groups in total. The Hall–Kier alpha value is -1.15. The molecular weight excluding hydrogens is 164 g/mol. The maximum Gasteiger partial charge on any atom is 0.171 e.